The van der Waals surface area contributed by atoms with Crippen LogP contribution in [0.3, 0.4) is 0 Å². The molecular formula is C22H20N4O. The molecule has 0 saturated carbocycles. The molecule has 0 aliphatic carbocycles. The Morgan fingerprint density at radius 3 is 2.78 bits per heavy atom. The molecule has 0 radical (unpaired) electrons. The van der Waals surface area contributed by atoms with E-state index in [2.05, 4.69) is 22.0 Å². The van der Waals surface area contributed by atoms with Gasteiger partial charge in [0, 0.05) is 47.9 Å². The van der Waals surface area contributed by atoms with Crippen molar-refractivity contribution in [3.8, 4) is 11.4 Å². The third kappa shape index (κ3) is 3.17. The van der Waals surface area contributed by atoms with Gasteiger partial charge < -0.3 is 10.2 Å². The fourth-order valence-corrected chi connectivity index (χ4v) is 3.62. The number of para-hydroxylation sites is 1. The second-order valence-electron chi connectivity index (χ2n) is 7.00. The molecule has 2 N–H and O–H groups in total. The molecular weight excluding hydrogens is 336 g/mol. The van der Waals surface area contributed by atoms with Crippen molar-refractivity contribution < 1.29 is 4.42 Å². The lowest BCUT2D eigenvalue weighted by atomic mass is 10.1. The van der Waals surface area contributed by atoms with Crippen molar-refractivity contribution in [2.24, 2.45) is 0 Å². The van der Waals surface area contributed by atoms with Crippen LogP contribution in [0, 0.1) is 0 Å². The Morgan fingerprint density at radius 2 is 1.93 bits per heavy atom. The van der Waals surface area contributed by atoms with Gasteiger partial charge in [-0.1, -0.05) is 18.2 Å². The Hall–Kier alpha value is -3.18. The van der Waals surface area contributed by atoms with E-state index in [0.29, 0.717) is 0 Å². The number of anilines is 1. The van der Waals surface area contributed by atoms with E-state index in [1.54, 1.807) is 0 Å². The number of nitrogens with zero attached hydrogens (tertiary/aromatic N) is 3. The highest BCUT2D eigenvalue weighted by Gasteiger charge is 2.20. The Morgan fingerprint density at radius 1 is 1.07 bits per heavy atom. The van der Waals surface area contributed by atoms with Crippen LogP contribution in [-0.4, -0.2) is 21.4 Å². The summed E-state index contributed by atoms with van der Waals surface area (Å²) >= 11 is 0. The van der Waals surface area contributed by atoms with Gasteiger partial charge in [0.2, 0.25) is 0 Å². The highest BCUT2D eigenvalue weighted by Crippen LogP contribution is 2.25. The molecule has 2 aromatic heterocycles. The molecule has 0 bridgehead atoms. The predicted molar refractivity (Wildman–Crippen MR) is 106 cm³/mol. The number of furan rings is 1. The molecule has 0 amide bonds. The highest BCUT2D eigenvalue weighted by atomic mass is 16.3. The molecule has 0 unspecified atom stereocenters. The average molecular weight is 356 g/mol. The van der Waals surface area contributed by atoms with Crippen molar-refractivity contribution in [1.29, 1.82) is 0 Å². The summed E-state index contributed by atoms with van der Waals surface area (Å²) in [5, 5.41) is 1.15. The zero-order valence-corrected chi connectivity index (χ0v) is 14.9. The maximum absolute atomic E-state index is 5.96. The normalized spacial score (nSPS) is 14.4. The van der Waals surface area contributed by atoms with Gasteiger partial charge >= 0.3 is 0 Å². The number of nitrogens with two attached hydrogens (primary N) is 1. The van der Waals surface area contributed by atoms with Crippen LogP contribution in [0.25, 0.3) is 22.4 Å². The Bertz CT molecular complexity index is 1070. The average Bonchev–Trinajstić information content (AvgIpc) is 3.10. The standard InChI is InChI=1S/C22H20N4O/c23-18-7-5-15(6-8-18)22-24-12-17-13-26(10-9-20(17)25-22)14-19-11-16-3-1-2-4-21(16)27-19/h1-8,11-12H,9-10,13-14,23H2. The summed E-state index contributed by atoms with van der Waals surface area (Å²) in [6.07, 6.45) is 2.87. The Kier molecular flexibility index (Phi) is 3.87. The number of nitrogen functional groups attached to an aromatic ring is 1. The summed E-state index contributed by atoms with van der Waals surface area (Å²) in [5.41, 5.74) is 10.8. The van der Waals surface area contributed by atoms with Crippen molar-refractivity contribution in [2.75, 3.05) is 12.3 Å². The molecule has 5 heteroatoms. The first-order valence-corrected chi connectivity index (χ1v) is 9.15. The molecule has 0 fully saturated rings. The number of aromatic nitrogens is 2. The van der Waals surface area contributed by atoms with Crippen molar-refractivity contribution in [2.45, 2.75) is 19.5 Å². The molecule has 3 heterocycles. The maximum Gasteiger partial charge on any atom is 0.159 e. The quantitative estimate of drug-likeness (QED) is 0.561. The molecule has 5 nitrogen and oxygen atoms in total. The second-order valence-corrected chi connectivity index (χ2v) is 7.00. The molecule has 5 rings (SSSR count). The number of hydrogen-bond acceptors (Lipinski definition) is 5. The van der Waals surface area contributed by atoms with E-state index in [1.165, 1.54) is 5.56 Å². The van der Waals surface area contributed by atoms with Crippen LogP contribution in [0.4, 0.5) is 5.69 Å². The van der Waals surface area contributed by atoms with Crippen LogP contribution >= 0.6 is 0 Å². The van der Waals surface area contributed by atoms with Gasteiger partial charge in [-0.2, -0.15) is 0 Å². The summed E-state index contributed by atoms with van der Waals surface area (Å²) in [7, 11) is 0. The van der Waals surface area contributed by atoms with E-state index in [4.69, 9.17) is 15.1 Å². The fraction of sp³-hybridized carbons (Fsp3) is 0.182. The van der Waals surface area contributed by atoms with E-state index in [-0.39, 0.29) is 0 Å². The summed E-state index contributed by atoms with van der Waals surface area (Å²) in [6.45, 7) is 2.60. The summed E-state index contributed by atoms with van der Waals surface area (Å²) in [5.74, 6) is 1.76. The van der Waals surface area contributed by atoms with E-state index < -0.39 is 0 Å². The smallest absolute Gasteiger partial charge is 0.159 e. The number of fused-ring (bicyclic) bond motifs is 2. The lowest BCUT2D eigenvalue weighted by molar-refractivity contribution is 0.225. The minimum Gasteiger partial charge on any atom is -0.460 e. The van der Waals surface area contributed by atoms with E-state index in [1.807, 2.05) is 48.7 Å². The maximum atomic E-state index is 5.96. The molecule has 134 valence electrons. The highest BCUT2D eigenvalue weighted by molar-refractivity contribution is 5.77. The van der Waals surface area contributed by atoms with Crippen molar-refractivity contribution >= 4 is 16.7 Å². The van der Waals surface area contributed by atoms with Gasteiger partial charge in [-0.05, 0) is 36.4 Å². The molecule has 0 saturated heterocycles. The van der Waals surface area contributed by atoms with E-state index in [9.17, 15) is 0 Å². The van der Waals surface area contributed by atoms with Gasteiger partial charge in [0.25, 0.3) is 0 Å². The van der Waals surface area contributed by atoms with Crippen molar-refractivity contribution in [1.82, 2.24) is 14.9 Å². The number of rotatable bonds is 3. The Balaban J connectivity index is 1.34. The molecule has 0 atom stereocenters. The van der Waals surface area contributed by atoms with Crippen LogP contribution in [0.5, 0.6) is 0 Å². The minimum absolute atomic E-state index is 0.748. The van der Waals surface area contributed by atoms with Crippen molar-refractivity contribution in [3.05, 3.63) is 77.8 Å². The lowest BCUT2D eigenvalue weighted by Crippen LogP contribution is -2.30. The van der Waals surface area contributed by atoms with Crippen LogP contribution < -0.4 is 5.73 Å². The van der Waals surface area contributed by atoms with Gasteiger partial charge in [0.1, 0.15) is 11.3 Å². The predicted octanol–water partition coefficient (Wildman–Crippen LogP) is 4.03. The van der Waals surface area contributed by atoms with Crippen molar-refractivity contribution in [3.63, 3.8) is 0 Å². The fourth-order valence-electron chi connectivity index (χ4n) is 3.62. The van der Waals surface area contributed by atoms with Crippen LogP contribution in [0.1, 0.15) is 17.0 Å². The molecule has 2 aromatic carbocycles. The minimum atomic E-state index is 0.748. The van der Waals surface area contributed by atoms with Crippen LogP contribution in [0.2, 0.25) is 0 Å². The molecule has 1 aliphatic heterocycles. The second kappa shape index (κ2) is 6.52. The monoisotopic (exact) mass is 356 g/mol. The first-order chi connectivity index (χ1) is 13.2. The lowest BCUT2D eigenvalue weighted by Gasteiger charge is -2.27. The van der Waals surface area contributed by atoms with Gasteiger partial charge in [0.05, 0.1) is 12.2 Å². The number of hydrogen-bond donors (Lipinski definition) is 1. The largest absolute Gasteiger partial charge is 0.460 e. The number of benzene rings is 2. The molecule has 0 spiro atoms. The van der Waals surface area contributed by atoms with E-state index >= 15 is 0 Å². The topological polar surface area (TPSA) is 68.2 Å². The summed E-state index contributed by atoms with van der Waals surface area (Å²) in [4.78, 5) is 11.7. The summed E-state index contributed by atoms with van der Waals surface area (Å²) < 4.78 is 5.96. The van der Waals surface area contributed by atoms with E-state index in [0.717, 1.165) is 65.6 Å². The third-order valence-electron chi connectivity index (χ3n) is 5.04. The van der Waals surface area contributed by atoms with Gasteiger partial charge in [0.15, 0.2) is 5.82 Å². The Labute approximate surface area is 157 Å². The van der Waals surface area contributed by atoms with Crippen LogP contribution in [0.15, 0.2) is 65.2 Å². The molecule has 4 aromatic rings. The van der Waals surface area contributed by atoms with Crippen LogP contribution in [-0.2, 0) is 19.5 Å². The molecule has 27 heavy (non-hydrogen) atoms. The molecule has 1 aliphatic rings. The SMILES string of the molecule is Nc1ccc(-c2ncc3c(n2)CCN(Cc2cc4ccccc4o2)C3)cc1. The van der Waals surface area contributed by atoms with Gasteiger partial charge in [-0.3, -0.25) is 4.90 Å². The zero-order valence-electron chi connectivity index (χ0n) is 14.9. The summed E-state index contributed by atoms with van der Waals surface area (Å²) in [6, 6.07) is 18.0. The van der Waals surface area contributed by atoms with Gasteiger partial charge in [-0.25, -0.2) is 9.97 Å². The zero-order chi connectivity index (χ0) is 18.2. The third-order valence-corrected chi connectivity index (χ3v) is 5.04. The first kappa shape index (κ1) is 16.0. The first-order valence-electron chi connectivity index (χ1n) is 9.15. The van der Waals surface area contributed by atoms with Gasteiger partial charge in [-0.15, -0.1) is 0 Å².